The molecule has 0 radical (unpaired) electrons. The number of imidazole rings is 1. The van der Waals surface area contributed by atoms with E-state index in [1.165, 1.54) is 4.90 Å². The second kappa shape index (κ2) is 8.82. The predicted molar refractivity (Wildman–Crippen MR) is 123 cm³/mol. The number of aliphatic hydroxyl groups excluding tert-OH is 1. The first-order chi connectivity index (χ1) is 15.2. The van der Waals surface area contributed by atoms with Crippen molar-refractivity contribution in [1.29, 1.82) is 0 Å². The average Bonchev–Trinajstić information content (AvgIpc) is 3.08. The Bertz CT molecular complexity index is 1150. The smallest absolute Gasteiger partial charge is 0.304 e. The van der Waals surface area contributed by atoms with E-state index in [1.807, 2.05) is 56.6 Å². The van der Waals surface area contributed by atoms with E-state index in [0.29, 0.717) is 28.8 Å². The van der Waals surface area contributed by atoms with Crippen molar-refractivity contribution in [2.24, 2.45) is 0 Å². The molecule has 3 aromatic rings. The molecule has 0 saturated heterocycles. The maximum Gasteiger partial charge on any atom is 0.304 e. The van der Waals surface area contributed by atoms with Gasteiger partial charge in [0.1, 0.15) is 5.75 Å². The minimum Gasteiger partial charge on any atom is -0.425 e. The first kappa shape index (κ1) is 22.1. The summed E-state index contributed by atoms with van der Waals surface area (Å²) in [6.45, 7) is 1.10. The molecule has 0 aliphatic carbocycles. The third-order valence-corrected chi connectivity index (χ3v) is 5.54. The third kappa shape index (κ3) is 4.29. The molecule has 1 N–H and O–H groups in total. The molecule has 32 heavy (non-hydrogen) atoms. The molecule has 4 rings (SSSR count). The zero-order chi connectivity index (χ0) is 23.0. The van der Waals surface area contributed by atoms with Crippen molar-refractivity contribution in [1.82, 2.24) is 19.4 Å². The van der Waals surface area contributed by atoms with Gasteiger partial charge in [-0.15, -0.1) is 0 Å². The number of halogens is 1. The molecule has 0 fully saturated rings. The highest BCUT2D eigenvalue weighted by atomic mass is 35.5. The van der Waals surface area contributed by atoms with E-state index < -0.39 is 6.35 Å². The van der Waals surface area contributed by atoms with Gasteiger partial charge in [-0.3, -0.25) is 14.3 Å². The highest BCUT2D eigenvalue weighted by molar-refractivity contribution is 6.30. The van der Waals surface area contributed by atoms with Gasteiger partial charge in [0.15, 0.2) is 11.5 Å². The van der Waals surface area contributed by atoms with Crippen molar-refractivity contribution in [3.05, 3.63) is 70.4 Å². The van der Waals surface area contributed by atoms with Crippen molar-refractivity contribution < 1.29 is 14.6 Å². The minimum atomic E-state index is -1.11. The monoisotopic (exact) mass is 455 g/mol. The van der Waals surface area contributed by atoms with Crippen LogP contribution < -0.4 is 9.64 Å². The van der Waals surface area contributed by atoms with E-state index in [-0.39, 0.29) is 11.9 Å². The number of fused-ring (bicyclic) bond motifs is 1. The number of hydrogen-bond acceptors (Lipinski definition) is 6. The van der Waals surface area contributed by atoms with Crippen molar-refractivity contribution in [2.45, 2.75) is 19.4 Å². The molecule has 8 nitrogen and oxygen atoms in total. The van der Waals surface area contributed by atoms with Crippen LogP contribution in [-0.4, -0.2) is 64.9 Å². The molecule has 1 amide bonds. The molecule has 2 aromatic carbocycles. The Kier molecular flexibility index (Phi) is 6.10. The summed E-state index contributed by atoms with van der Waals surface area (Å²) in [7, 11) is 7.24. The van der Waals surface area contributed by atoms with Gasteiger partial charge < -0.3 is 19.6 Å². The zero-order valence-electron chi connectivity index (χ0n) is 18.5. The van der Waals surface area contributed by atoms with E-state index in [4.69, 9.17) is 16.3 Å². The lowest BCUT2D eigenvalue weighted by Gasteiger charge is -2.36. The third-order valence-electron chi connectivity index (χ3n) is 5.30. The number of amides is 1. The average molecular weight is 456 g/mol. The van der Waals surface area contributed by atoms with Gasteiger partial charge in [0.05, 0.1) is 6.54 Å². The fourth-order valence-corrected chi connectivity index (χ4v) is 3.95. The van der Waals surface area contributed by atoms with Crippen LogP contribution in [0.3, 0.4) is 0 Å². The summed E-state index contributed by atoms with van der Waals surface area (Å²) >= 11 is 6.17. The maximum atomic E-state index is 13.1. The predicted octanol–water partition coefficient (Wildman–Crippen LogP) is 3.24. The summed E-state index contributed by atoms with van der Waals surface area (Å²) in [6.07, 6.45) is -1.11. The molecular weight excluding hydrogens is 430 g/mol. The van der Waals surface area contributed by atoms with E-state index in [0.717, 1.165) is 17.7 Å². The molecule has 1 atom stereocenters. The molecular formula is C23H26ClN5O3. The summed E-state index contributed by atoms with van der Waals surface area (Å²) < 4.78 is 7.90. The Balaban J connectivity index is 1.78. The zero-order valence-corrected chi connectivity index (χ0v) is 19.2. The van der Waals surface area contributed by atoms with Gasteiger partial charge in [-0.25, -0.2) is 0 Å². The van der Waals surface area contributed by atoms with E-state index in [1.54, 1.807) is 29.6 Å². The maximum absolute atomic E-state index is 13.1. The van der Waals surface area contributed by atoms with Gasteiger partial charge in [-0.05, 0) is 49.5 Å². The summed E-state index contributed by atoms with van der Waals surface area (Å²) in [4.78, 5) is 22.5. The lowest BCUT2D eigenvalue weighted by atomic mass is 10.2. The van der Waals surface area contributed by atoms with E-state index in [9.17, 15) is 9.90 Å². The Morgan fingerprint density at radius 1 is 1.09 bits per heavy atom. The number of benzene rings is 2. The number of anilines is 1. The second-order valence-electron chi connectivity index (χ2n) is 8.14. The van der Waals surface area contributed by atoms with E-state index >= 15 is 0 Å². The number of rotatable bonds is 6. The second-order valence-corrected chi connectivity index (χ2v) is 8.58. The summed E-state index contributed by atoms with van der Waals surface area (Å²) in [5.74, 6) is 0.640. The van der Waals surface area contributed by atoms with Crippen molar-refractivity contribution in [3.63, 3.8) is 0 Å². The van der Waals surface area contributed by atoms with Gasteiger partial charge in [-0.1, -0.05) is 35.9 Å². The van der Waals surface area contributed by atoms with Gasteiger partial charge in [-0.2, -0.15) is 4.98 Å². The summed E-state index contributed by atoms with van der Waals surface area (Å²) in [5.41, 5.74) is 2.33. The van der Waals surface area contributed by atoms with Gasteiger partial charge in [0.2, 0.25) is 6.35 Å². The van der Waals surface area contributed by atoms with Crippen LogP contribution in [0.15, 0.2) is 48.5 Å². The molecule has 1 unspecified atom stereocenters. The standard InChI is InChI=1S/C23H26ClN5O3/c1-26(2)13-16-8-6-10-18(12-16)32-22-25-20-19(21(30)28(4)23(31)27(20)3)29(22)14-15-7-5-9-17(24)11-15/h5-12,23,31H,13-14H2,1-4H3. The quantitative estimate of drug-likeness (QED) is 0.615. The van der Waals surface area contributed by atoms with Crippen LogP contribution in [0, 0.1) is 0 Å². The number of hydrogen-bond donors (Lipinski definition) is 1. The number of aromatic nitrogens is 2. The normalized spacial score (nSPS) is 16.0. The fourth-order valence-electron chi connectivity index (χ4n) is 3.74. The largest absolute Gasteiger partial charge is 0.425 e. The molecule has 168 valence electrons. The summed E-state index contributed by atoms with van der Waals surface area (Å²) in [6, 6.07) is 15.4. The molecule has 0 spiro atoms. The first-order valence-electron chi connectivity index (χ1n) is 10.2. The highest BCUT2D eigenvalue weighted by Crippen LogP contribution is 2.34. The van der Waals surface area contributed by atoms with Crippen molar-refractivity contribution in [2.75, 3.05) is 33.1 Å². The number of carbonyl (C=O) groups is 1. The number of ether oxygens (including phenoxy) is 1. The van der Waals surface area contributed by atoms with Crippen LogP contribution in [0.5, 0.6) is 11.8 Å². The lowest BCUT2D eigenvalue weighted by molar-refractivity contribution is 0.0152. The Hall–Kier alpha value is -3.07. The minimum absolute atomic E-state index is 0.264. The molecule has 0 bridgehead atoms. The molecule has 1 aliphatic heterocycles. The number of aliphatic hydroxyl groups is 1. The molecule has 2 heterocycles. The molecule has 1 aromatic heterocycles. The fraction of sp³-hybridized carbons (Fsp3) is 0.304. The van der Waals surface area contributed by atoms with Crippen LogP contribution in [0.1, 0.15) is 21.6 Å². The SMILES string of the molecule is CN(C)Cc1cccc(Oc2nc3c(n2Cc2cccc(Cl)c2)C(=O)N(C)C(O)N3C)c1. The van der Waals surface area contributed by atoms with Crippen molar-refractivity contribution in [3.8, 4) is 11.8 Å². The molecule has 1 aliphatic rings. The van der Waals surface area contributed by atoms with Gasteiger partial charge >= 0.3 is 6.01 Å². The van der Waals surface area contributed by atoms with Crippen LogP contribution >= 0.6 is 11.6 Å². The Morgan fingerprint density at radius 2 is 1.81 bits per heavy atom. The first-order valence-corrected chi connectivity index (χ1v) is 10.6. The Morgan fingerprint density at radius 3 is 2.53 bits per heavy atom. The number of nitrogens with zero attached hydrogens (tertiary/aromatic N) is 5. The molecule has 0 saturated carbocycles. The highest BCUT2D eigenvalue weighted by Gasteiger charge is 2.38. The van der Waals surface area contributed by atoms with Crippen LogP contribution in [0.2, 0.25) is 5.02 Å². The van der Waals surface area contributed by atoms with Crippen LogP contribution in [0.25, 0.3) is 0 Å². The van der Waals surface area contributed by atoms with Gasteiger partial charge in [0.25, 0.3) is 5.91 Å². The van der Waals surface area contributed by atoms with Crippen molar-refractivity contribution >= 4 is 23.3 Å². The summed E-state index contributed by atoms with van der Waals surface area (Å²) in [5, 5.41) is 11.0. The van der Waals surface area contributed by atoms with Crippen LogP contribution in [-0.2, 0) is 13.1 Å². The lowest BCUT2D eigenvalue weighted by Crippen LogP contribution is -2.52. The molecule has 9 heteroatoms. The van der Waals surface area contributed by atoms with E-state index in [2.05, 4.69) is 9.88 Å². The number of carbonyl (C=O) groups excluding carboxylic acids is 1. The van der Waals surface area contributed by atoms with Crippen LogP contribution in [0.4, 0.5) is 5.82 Å². The Labute approximate surface area is 192 Å². The van der Waals surface area contributed by atoms with Gasteiger partial charge in [0, 0.05) is 25.7 Å². The topological polar surface area (TPSA) is 74.1 Å².